The van der Waals surface area contributed by atoms with Crippen LogP contribution < -0.4 is 15.4 Å². The van der Waals surface area contributed by atoms with Gasteiger partial charge in [0.05, 0.1) is 12.1 Å². The number of pyridine rings is 1. The standard InChI is InChI=1S/C27H34F3N3O3/c1-16(34)33-21(11-18-6-4-7-20(28)24(18)29)23(35)15-31-22-13-27(8-5-9-27)36-25-19(22)10-17(14-32-25)12-26(2,3)30/h4,6-7,10,14,21-23,31,35H,5,8-9,11-13,15H2,1-3H3,(H,33,34)/t21-,22-,23-/m0/s1. The molecule has 1 saturated carbocycles. The molecule has 1 fully saturated rings. The Labute approximate surface area is 209 Å². The van der Waals surface area contributed by atoms with Crippen molar-refractivity contribution in [2.45, 2.75) is 88.8 Å². The fourth-order valence-corrected chi connectivity index (χ4v) is 5.11. The Morgan fingerprint density at radius 3 is 2.72 bits per heavy atom. The molecule has 1 aromatic heterocycles. The van der Waals surface area contributed by atoms with Crippen LogP contribution in [-0.2, 0) is 17.6 Å². The molecule has 0 saturated heterocycles. The second kappa shape index (κ2) is 10.4. The first-order valence-corrected chi connectivity index (χ1v) is 12.4. The molecule has 0 radical (unpaired) electrons. The maximum atomic E-state index is 14.3. The van der Waals surface area contributed by atoms with Crippen molar-refractivity contribution in [2.75, 3.05) is 6.54 Å². The van der Waals surface area contributed by atoms with Crippen molar-refractivity contribution in [3.05, 3.63) is 58.8 Å². The van der Waals surface area contributed by atoms with Crippen molar-refractivity contribution >= 4 is 5.91 Å². The number of nitrogens with zero attached hydrogens (tertiary/aromatic N) is 1. The first kappa shape index (κ1) is 26.4. The van der Waals surface area contributed by atoms with E-state index in [0.29, 0.717) is 12.3 Å². The number of benzene rings is 1. The normalized spacial score (nSPS) is 20.1. The monoisotopic (exact) mass is 505 g/mol. The third kappa shape index (κ3) is 6.18. The van der Waals surface area contributed by atoms with Crippen LogP contribution >= 0.6 is 0 Å². The van der Waals surface area contributed by atoms with Crippen molar-refractivity contribution < 1.29 is 27.8 Å². The zero-order chi connectivity index (χ0) is 26.1. The van der Waals surface area contributed by atoms with E-state index in [2.05, 4.69) is 15.6 Å². The van der Waals surface area contributed by atoms with Gasteiger partial charge in [-0.3, -0.25) is 4.79 Å². The third-order valence-corrected chi connectivity index (χ3v) is 6.99. The van der Waals surface area contributed by atoms with Crippen molar-refractivity contribution in [2.24, 2.45) is 0 Å². The lowest BCUT2D eigenvalue weighted by atomic mass is 9.73. The maximum absolute atomic E-state index is 14.3. The SMILES string of the molecule is CC(=O)N[C@@H](Cc1cccc(F)c1F)[C@@H](O)CN[C@H]1CC2(CCC2)Oc2ncc(CC(C)(C)F)cc21. The number of aromatic nitrogens is 1. The lowest BCUT2D eigenvalue weighted by Gasteiger charge is -2.47. The molecule has 36 heavy (non-hydrogen) atoms. The molecule has 4 rings (SSSR count). The number of hydrogen-bond donors (Lipinski definition) is 3. The van der Waals surface area contributed by atoms with Gasteiger partial charge in [-0.25, -0.2) is 18.2 Å². The minimum atomic E-state index is -1.39. The second-order valence-corrected chi connectivity index (χ2v) is 10.7. The van der Waals surface area contributed by atoms with Gasteiger partial charge in [0.15, 0.2) is 11.6 Å². The van der Waals surface area contributed by atoms with Crippen LogP contribution in [0.1, 0.15) is 69.2 Å². The quantitative estimate of drug-likeness (QED) is 0.478. The summed E-state index contributed by atoms with van der Waals surface area (Å²) in [5.41, 5.74) is -0.0866. The first-order valence-electron chi connectivity index (χ1n) is 12.4. The number of aliphatic hydroxyl groups excluding tert-OH is 1. The molecule has 1 aliphatic carbocycles. The number of hydrogen-bond acceptors (Lipinski definition) is 5. The van der Waals surface area contributed by atoms with E-state index in [1.54, 1.807) is 6.20 Å². The van der Waals surface area contributed by atoms with Crippen LogP contribution in [-0.4, -0.2) is 46.0 Å². The van der Waals surface area contributed by atoms with Crippen LogP contribution in [0, 0.1) is 11.6 Å². The maximum Gasteiger partial charge on any atom is 0.218 e. The number of halogens is 3. The summed E-state index contributed by atoms with van der Waals surface area (Å²) in [4.78, 5) is 16.3. The van der Waals surface area contributed by atoms with Gasteiger partial charge in [-0.2, -0.15) is 0 Å². The molecule has 1 aromatic carbocycles. The Hall–Kier alpha value is -2.65. The minimum Gasteiger partial charge on any atom is -0.471 e. The number of rotatable bonds is 9. The molecule has 3 N–H and O–H groups in total. The first-order chi connectivity index (χ1) is 16.9. The van der Waals surface area contributed by atoms with E-state index in [1.165, 1.54) is 32.9 Å². The number of alkyl halides is 1. The Morgan fingerprint density at radius 2 is 2.08 bits per heavy atom. The molecule has 0 unspecified atom stereocenters. The van der Waals surface area contributed by atoms with Gasteiger partial charge in [0.1, 0.15) is 11.3 Å². The van der Waals surface area contributed by atoms with E-state index >= 15 is 0 Å². The van der Waals surface area contributed by atoms with Crippen molar-refractivity contribution in [1.82, 2.24) is 15.6 Å². The Kier molecular flexibility index (Phi) is 7.61. The molecule has 1 spiro atoms. The summed E-state index contributed by atoms with van der Waals surface area (Å²) < 4.78 is 48.5. The van der Waals surface area contributed by atoms with Gasteiger partial charge in [-0.15, -0.1) is 0 Å². The van der Waals surface area contributed by atoms with Gasteiger partial charge in [0.25, 0.3) is 0 Å². The molecule has 1 aliphatic heterocycles. The predicted molar refractivity (Wildman–Crippen MR) is 129 cm³/mol. The van der Waals surface area contributed by atoms with E-state index in [9.17, 15) is 23.1 Å². The fraction of sp³-hybridized carbons (Fsp3) is 0.556. The predicted octanol–water partition coefficient (Wildman–Crippen LogP) is 4.09. The Morgan fingerprint density at radius 1 is 1.33 bits per heavy atom. The summed E-state index contributed by atoms with van der Waals surface area (Å²) in [6.07, 6.45) is 4.23. The highest BCUT2D eigenvalue weighted by atomic mass is 19.2. The molecule has 2 heterocycles. The highest BCUT2D eigenvalue weighted by Crippen LogP contribution is 2.48. The van der Waals surface area contributed by atoms with Gasteiger partial charge in [-0.1, -0.05) is 12.1 Å². The summed E-state index contributed by atoms with van der Waals surface area (Å²) in [5.74, 6) is -1.85. The molecule has 196 valence electrons. The summed E-state index contributed by atoms with van der Waals surface area (Å²) in [6.45, 7) is 4.43. The highest BCUT2D eigenvalue weighted by Gasteiger charge is 2.46. The fourth-order valence-electron chi connectivity index (χ4n) is 5.11. The minimum absolute atomic E-state index is 0.0697. The molecule has 3 atom stereocenters. The smallest absolute Gasteiger partial charge is 0.218 e. The summed E-state index contributed by atoms with van der Waals surface area (Å²) >= 11 is 0. The molecule has 6 nitrogen and oxygen atoms in total. The molecular formula is C27H34F3N3O3. The van der Waals surface area contributed by atoms with Crippen molar-refractivity contribution in [3.63, 3.8) is 0 Å². The number of ether oxygens (including phenoxy) is 1. The zero-order valence-electron chi connectivity index (χ0n) is 20.9. The van der Waals surface area contributed by atoms with Gasteiger partial charge in [0, 0.05) is 44.1 Å². The lowest BCUT2D eigenvalue weighted by Crippen LogP contribution is -2.52. The van der Waals surface area contributed by atoms with E-state index in [4.69, 9.17) is 4.74 Å². The topological polar surface area (TPSA) is 83.5 Å². The summed E-state index contributed by atoms with van der Waals surface area (Å²) in [6, 6.07) is 4.70. The van der Waals surface area contributed by atoms with Gasteiger partial charge < -0.3 is 20.5 Å². The number of aliphatic hydroxyl groups is 1. The van der Waals surface area contributed by atoms with Crippen LogP contribution in [0.5, 0.6) is 5.88 Å². The number of amides is 1. The average Bonchev–Trinajstić information content (AvgIpc) is 2.77. The Bertz CT molecular complexity index is 1100. The number of fused-ring (bicyclic) bond motifs is 1. The van der Waals surface area contributed by atoms with Gasteiger partial charge in [0.2, 0.25) is 11.8 Å². The molecule has 2 aliphatic rings. The largest absolute Gasteiger partial charge is 0.471 e. The van der Waals surface area contributed by atoms with Crippen LogP contribution in [0.25, 0.3) is 0 Å². The number of nitrogens with one attached hydrogen (secondary N) is 2. The molecular weight excluding hydrogens is 471 g/mol. The van der Waals surface area contributed by atoms with E-state index < -0.39 is 29.4 Å². The van der Waals surface area contributed by atoms with Crippen molar-refractivity contribution in [3.8, 4) is 5.88 Å². The highest BCUT2D eigenvalue weighted by molar-refractivity contribution is 5.73. The van der Waals surface area contributed by atoms with Crippen LogP contribution in [0.2, 0.25) is 0 Å². The molecule has 1 amide bonds. The van der Waals surface area contributed by atoms with Crippen LogP contribution in [0.15, 0.2) is 30.5 Å². The third-order valence-electron chi connectivity index (χ3n) is 6.99. The molecule has 9 heteroatoms. The Balaban J connectivity index is 1.52. The number of carbonyl (C=O) groups excluding carboxylic acids is 1. The average molecular weight is 506 g/mol. The summed E-state index contributed by atoms with van der Waals surface area (Å²) in [7, 11) is 0. The molecule has 0 bridgehead atoms. The van der Waals surface area contributed by atoms with Gasteiger partial charge in [-0.05, 0) is 62.8 Å². The summed E-state index contributed by atoms with van der Waals surface area (Å²) in [5, 5.41) is 17.0. The molecule has 2 aromatic rings. The van der Waals surface area contributed by atoms with E-state index in [1.807, 2.05) is 6.07 Å². The van der Waals surface area contributed by atoms with Crippen molar-refractivity contribution in [1.29, 1.82) is 0 Å². The van der Waals surface area contributed by atoms with E-state index in [-0.39, 0.29) is 42.5 Å². The van der Waals surface area contributed by atoms with Crippen LogP contribution in [0.4, 0.5) is 13.2 Å². The van der Waals surface area contributed by atoms with Gasteiger partial charge >= 0.3 is 0 Å². The number of carbonyl (C=O) groups is 1. The zero-order valence-corrected chi connectivity index (χ0v) is 20.9. The second-order valence-electron chi connectivity index (χ2n) is 10.7. The lowest BCUT2D eigenvalue weighted by molar-refractivity contribution is -0.120. The van der Waals surface area contributed by atoms with E-state index in [0.717, 1.165) is 36.5 Å². The van der Waals surface area contributed by atoms with Crippen LogP contribution in [0.3, 0.4) is 0 Å².